The number of nitrogens with zero attached hydrogens (tertiary/aromatic N) is 1. The second-order valence-electron chi connectivity index (χ2n) is 5.67. The number of fused-ring (bicyclic) bond motifs is 3. The third-order valence-corrected chi connectivity index (χ3v) is 4.06. The molecule has 0 saturated heterocycles. The fourth-order valence-corrected chi connectivity index (χ4v) is 2.91. The summed E-state index contributed by atoms with van der Waals surface area (Å²) in [4.78, 5) is 16.3. The average Bonchev–Trinajstić information content (AvgIpc) is 3.34. The summed E-state index contributed by atoms with van der Waals surface area (Å²) in [5.41, 5.74) is 2.71. The number of carbonyl (C=O) groups is 1. The van der Waals surface area contributed by atoms with E-state index in [1.165, 1.54) is 6.26 Å². The van der Waals surface area contributed by atoms with Crippen molar-refractivity contribution in [3.8, 4) is 0 Å². The summed E-state index contributed by atoms with van der Waals surface area (Å²) >= 11 is 0. The number of benzene rings is 2. The maximum absolute atomic E-state index is 12.0. The number of para-hydroxylation sites is 1. The first-order valence-corrected chi connectivity index (χ1v) is 7.76. The van der Waals surface area contributed by atoms with Crippen molar-refractivity contribution in [2.45, 2.75) is 0 Å². The minimum Gasteiger partial charge on any atom is -0.459 e. The van der Waals surface area contributed by atoms with Gasteiger partial charge in [-0.2, -0.15) is 0 Å². The Morgan fingerprint density at radius 2 is 1.80 bits per heavy atom. The molecule has 0 radical (unpaired) electrons. The Bertz CT molecular complexity index is 1180. The smallest absolute Gasteiger partial charge is 0.363 e. The van der Waals surface area contributed by atoms with Gasteiger partial charge in [0.25, 0.3) is 5.90 Å². The zero-order valence-corrected chi connectivity index (χ0v) is 12.9. The van der Waals surface area contributed by atoms with Crippen LogP contribution in [-0.4, -0.2) is 11.9 Å². The fourth-order valence-electron chi connectivity index (χ4n) is 2.91. The minimum absolute atomic E-state index is 0.177. The predicted octanol–water partition coefficient (Wildman–Crippen LogP) is 4.52. The van der Waals surface area contributed by atoms with Crippen LogP contribution >= 0.6 is 0 Å². The van der Waals surface area contributed by atoms with Crippen LogP contribution in [0.3, 0.4) is 0 Å². The van der Waals surface area contributed by atoms with Gasteiger partial charge in [-0.05, 0) is 42.0 Å². The third-order valence-electron chi connectivity index (χ3n) is 4.06. The molecule has 5 heteroatoms. The second kappa shape index (κ2) is 5.21. The lowest BCUT2D eigenvalue weighted by atomic mass is 10.1. The molecule has 0 fully saturated rings. The van der Waals surface area contributed by atoms with Gasteiger partial charge in [0, 0.05) is 10.8 Å². The number of hydrogen-bond donors (Lipinski definition) is 0. The summed E-state index contributed by atoms with van der Waals surface area (Å²) in [5, 5.41) is 2.03. The summed E-state index contributed by atoms with van der Waals surface area (Å²) < 4.78 is 16.2. The first-order chi connectivity index (χ1) is 12.3. The van der Waals surface area contributed by atoms with E-state index in [1.807, 2.05) is 42.5 Å². The molecule has 0 spiro atoms. The standard InChI is InChI=1S/C20H11NO4/c22-20-15(21-19(25-20)18-6-3-9-23-18)11-12-7-8-17-14(10-12)13-4-1-2-5-16(13)24-17/h1-11H/b15-11-. The molecule has 0 unspecified atom stereocenters. The van der Waals surface area contributed by atoms with E-state index in [0.29, 0.717) is 5.76 Å². The summed E-state index contributed by atoms with van der Waals surface area (Å²) in [6.45, 7) is 0. The maximum Gasteiger partial charge on any atom is 0.363 e. The van der Waals surface area contributed by atoms with E-state index < -0.39 is 5.97 Å². The molecule has 2 aromatic carbocycles. The van der Waals surface area contributed by atoms with Crippen molar-refractivity contribution in [3.63, 3.8) is 0 Å². The normalized spacial score (nSPS) is 15.9. The number of carbonyl (C=O) groups excluding carboxylic acids is 1. The number of cyclic esters (lactones) is 1. The molecule has 0 saturated carbocycles. The van der Waals surface area contributed by atoms with Gasteiger partial charge in [-0.15, -0.1) is 0 Å². The molecule has 0 aliphatic carbocycles. The SMILES string of the molecule is O=C1OC(c2ccco2)=N/C1=C\c1ccc2oc3ccccc3c2c1. The van der Waals surface area contributed by atoms with Crippen LogP contribution in [0.5, 0.6) is 0 Å². The molecule has 0 bridgehead atoms. The molecule has 3 heterocycles. The van der Waals surface area contributed by atoms with Gasteiger partial charge in [-0.1, -0.05) is 24.3 Å². The van der Waals surface area contributed by atoms with E-state index in [1.54, 1.807) is 18.2 Å². The summed E-state index contributed by atoms with van der Waals surface area (Å²) in [7, 11) is 0. The van der Waals surface area contributed by atoms with E-state index in [2.05, 4.69) is 4.99 Å². The highest BCUT2D eigenvalue weighted by Crippen LogP contribution is 2.30. The van der Waals surface area contributed by atoms with Gasteiger partial charge in [0.05, 0.1) is 6.26 Å². The number of rotatable bonds is 2. The van der Waals surface area contributed by atoms with Crippen molar-refractivity contribution in [1.29, 1.82) is 0 Å². The number of esters is 1. The van der Waals surface area contributed by atoms with Crippen LogP contribution in [0.1, 0.15) is 11.3 Å². The van der Waals surface area contributed by atoms with Crippen LogP contribution in [0.2, 0.25) is 0 Å². The van der Waals surface area contributed by atoms with E-state index in [4.69, 9.17) is 13.6 Å². The van der Waals surface area contributed by atoms with Crippen molar-refractivity contribution in [2.24, 2.45) is 4.99 Å². The topological polar surface area (TPSA) is 64.9 Å². The van der Waals surface area contributed by atoms with Crippen molar-refractivity contribution in [2.75, 3.05) is 0 Å². The number of aliphatic imine (C=N–C) groups is 1. The van der Waals surface area contributed by atoms with Crippen LogP contribution in [0.4, 0.5) is 0 Å². The molecule has 25 heavy (non-hydrogen) atoms. The highest BCUT2D eigenvalue weighted by Gasteiger charge is 2.25. The molecule has 0 N–H and O–H groups in total. The Balaban J connectivity index is 1.60. The van der Waals surface area contributed by atoms with Gasteiger partial charge in [0.15, 0.2) is 11.5 Å². The molecule has 4 aromatic rings. The maximum atomic E-state index is 12.0. The van der Waals surface area contributed by atoms with Gasteiger partial charge in [0.1, 0.15) is 11.2 Å². The number of furan rings is 2. The molecule has 5 nitrogen and oxygen atoms in total. The summed E-state index contributed by atoms with van der Waals surface area (Å²) in [6.07, 6.45) is 3.20. The van der Waals surface area contributed by atoms with Crippen LogP contribution in [0.25, 0.3) is 28.0 Å². The van der Waals surface area contributed by atoms with Crippen LogP contribution < -0.4 is 0 Å². The molecule has 0 amide bonds. The van der Waals surface area contributed by atoms with Gasteiger partial charge in [0.2, 0.25) is 0 Å². The molecule has 120 valence electrons. The largest absolute Gasteiger partial charge is 0.459 e. The Kier molecular flexibility index (Phi) is 2.87. The van der Waals surface area contributed by atoms with E-state index >= 15 is 0 Å². The number of ether oxygens (including phenoxy) is 1. The molecular formula is C20H11NO4. The lowest BCUT2D eigenvalue weighted by Gasteiger charge is -1.95. The minimum atomic E-state index is -0.497. The molecular weight excluding hydrogens is 318 g/mol. The molecule has 2 aromatic heterocycles. The molecule has 5 rings (SSSR count). The highest BCUT2D eigenvalue weighted by molar-refractivity contribution is 6.12. The van der Waals surface area contributed by atoms with E-state index in [9.17, 15) is 4.79 Å². The lowest BCUT2D eigenvalue weighted by molar-refractivity contribution is -0.130. The lowest BCUT2D eigenvalue weighted by Crippen LogP contribution is -2.04. The molecule has 0 atom stereocenters. The second-order valence-corrected chi connectivity index (χ2v) is 5.67. The zero-order chi connectivity index (χ0) is 16.8. The Morgan fingerprint density at radius 3 is 2.68 bits per heavy atom. The van der Waals surface area contributed by atoms with Crippen molar-refractivity contribution >= 4 is 39.9 Å². The fraction of sp³-hybridized carbons (Fsp3) is 0. The summed E-state index contributed by atoms with van der Waals surface area (Å²) in [6, 6.07) is 17.0. The molecule has 1 aliphatic heterocycles. The van der Waals surface area contributed by atoms with Crippen molar-refractivity contribution < 1.29 is 18.4 Å². The third kappa shape index (κ3) is 2.25. The first-order valence-electron chi connectivity index (χ1n) is 7.76. The zero-order valence-electron chi connectivity index (χ0n) is 12.9. The first kappa shape index (κ1) is 13.8. The van der Waals surface area contributed by atoms with Gasteiger partial charge >= 0.3 is 5.97 Å². The van der Waals surface area contributed by atoms with E-state index in [-0.39, 0.29) is 11.6 Å². The highest BCUT2D eigenvalue weighted by atomic mass is 16.6. The Hall–Kier alpha value is -3.60. The van der Waals surface area contributed by atoms with Crippen LogP contribution in [0, 0.1) is 0 Å². The average molecular weight is 329 g/mol. The summed E-state index contributed by atoms with van der Waals surface area (Å²) in [5.74, 6) is 0.104. The van der Waals surface area contributed by atoms with Gasteiger partial charge in [-0.25, -0.2) is 9.79 Å². The molecule has 1 aliphatic rings. The van der Waals surface area contributed by atoms with Crippen molar-refractivity contribution in [3.05, 3.63) is 77.9 Å². The number of hydrogen-bond acceptors (Lipinski definition) is 5. The Labute approximate surface area is 141 Å². The van der Waals surface area contributed by atoms with Crippen LogP contribution in [-0.2, 0) is 9.53 Å². The Morgan fingerprint density at radius 1 is 0.920 bits per heavy atom. The van der Waals surface area contributed by atoms with Gasteiger partial charge in [-0.3, -0.25) is 0 Å². The van der Waals surface area contributed by atoms with Crippen LogP contribution in [0.15, 0.2) is 80.4 Å². The predicted molar refractivity (Wildman–Crippen MR) is 93.0 cm³/mol. The monoisotopic (exact) mass is 329 g/mol. The quantitative estimate of drug-likeness (QED) is 0.400. The van der Waals surface area contributed by atoms with Gasteiger partial charge < -0.3 is 13.6 Å². The van der Waals surface area contributed by atoms with Crippen molar-refractivity contribution in [1.82, 2.24) is 0 Å². The van der Waals surface area contributed by atoms with E-state index in [0.717, 1.165) is 27.5 Å².